The van der Waals surface area contributed by atoms with Crippen molar-refractivity contribution in [2.45, 2.75) is 58.4 Å². The van der Waals surface area contributed by atoms with Gasteiger partial charge in [-0.25, -0.2) is 4.79 Å². The van der Waals surface area contributed by atoms with Crippen LogP contribution in [0.2, 0.25) is 0 Å². The van der Waals surface area contributed by atoms with E-state index in [-0.39, 0.29) is 17.2 Å². The molecule has 2 aliphatic rings. The first-order valence-corrected chi connectivity index (χ1v) is 11.6. The van der Waals surface area contributed by atoms with E-state index < -0.39 is 24.0 Å². The summed E-state index contributed by atoms with van der Waals surface area (Å²) in [5.74, 6) is -0.738. The number of carbonyl (C=O) groups excluding carboxylic acids is 4. The molecule has 8 nitrogen and oxygen atoms in total. The van der Waals surface area contributed by atoms with Crippen molar-refractivity contribution in [2.24, 2.45) is 11.3 Å². The van der Waals surface area contributed by atoms with Gasteiger partial charge in [0.15, 0.2) is 0 Å². The van der Waals surface area contributed by atoms with Crippen molar-refractivity contribution < 1.29 is 19.2 Å². The van der Waals surface area contributed by atoms with Crippen LogP contribution in [-0.4, -0.2) is 47.3 Å². The number of imide groups is 1. The Bertz CT molecular complexity index is 947. The molecule has 8 heteroatoms. The summed E-state index contributed by atoms with van der Waals surface area (Å²) in [5, 5.41) is 8.20. The van der Waals surface area contributed by atoms with E-state index >= 15 is 0 Å². The maximum Gasteiger partial charge on any atom is 0.325 e. The van der Waals surface area contributed by atoms with E-state index in [1.165, 1.54) is 0 Å². The van der Waals surface area contributed by atoms with Crippen LogP contribution in [0.3, 0.4) is 0 Å². The standard InChI is InChI=1S/C25H34N4O4/c1-5-15-26-21(31)18-9-7-8-10-19(18)27-20(30)16-29-22(32)25(28-23(29)33)13-11-17(12-14-25)24(3,4)6-2/h5,7-10,17H,1,6,11-16H2,2-4H3,(H,26,31)(H,27,30)(H,28,33). The molecule has 0 atom stereocenters. The van der Waals surface area contributed by atoms with Gasteiger partial charge in [0.1, 0.15) is 12.1 Å². The van der Waals surface area contributed by atoms with Crippen molar-refractivity contribution in [2.75, 3.05) is 18.4 Å². The molecule has 5 amide bonds. The molecule has 1 aliphatic carbocycles. The molecule has 0 radical (unpaired) electrons. The van der Waals surface area contributed by atoms with Crippen molar-refractivity contribution in [3.63, 3.8) is 0 Å². The quantitative estimate of drug-likeness (QED) is 0.413. The van der Waals surface area contributed by atoms with Crippen molar-refractivity contribution in [3.05, 3.63) is 42.5 Å². The molecule has 2 fully saturated rings. The lowest BCUT2D eigenvalue weighted by Crippen LogP contribution is -2.51. The molecular weight excluding hydrogens is 420 g/mol. The number of hydrogen-bond acceptors (Lipinski definition) is 4. The van der Waals surface area contributed by atoms with E-state index in [2.05, 4.69) is 43.3 Å². The number of rotatable bonds is 8. The molecule has 0 aromatic heterocycles. The van der Waals surface area contributed by atoms with E-state index in [4.69, 9.17) is 0 Å². The van der Waals surface area contributed by atoms with Crippen molar-refractivity contribution in [1.82, 2.24) is 15.5 Å². The largest absolute Gasteiger partial charge is 0.349 e. The fraction of sp³-hybridized carbons (Fsp3) is 0.520. The third kappa shape index (κ3) is 5.10. The second kappa shape index (κ2) is 9.77. The van der Waals surface area contributed by atoms with Crippen molar-refractivity contribution >= 4 is 29.4 Å². The van der Waals surface area contributed by atoms with E-state index in [1.807, 2.05) is 0 Å². The molecule has 1 saturated heterocycles. The smallest absolute Gasteiger partial charge is 0.325 e. The second-order valence-electron chi connectivity index (χ2n) is 9.61. The Labute approximate surface area is 195 Å². The summed E-state index contributed by atoms with van der Waals surface area (Å²) in [4.78, 5) is 51.8. The van der Waals surface area contributed by atoms with Crippen LogP contribution in [0.4, 0.5) is 10.5 Å². The lowest BCUT2D eigenvalue weighted by Gasteiger charge is -2.42. The highest BCUT2D eigenvalue weighted by Gasteiger charge is 2.53. The van der Waals surface area contributed by atoms with Crippen LogP contribution in [0, 0.1) is 11.3 Å². The Hall–Kier alpha value is -3.16. The minimum absolute atomic E-state index is 0.193. The molecule has 1 aromatic rings. The Morgan fingerprint density at radius 2 is 1.91 bits per heavy atom. The molecule has 0 bridgehead atoms. The molecule has 1 aliphatic heterocycles. The van der Waals surface area contributed by atoms with E-state index in [1.54, 1.807) is 30.3 Å². The number of carbonyl (C=O) groups is 4. The summed E-state index contributed by atoms with van der Waals surface area (Å²) in [6, 6.07) is 6.03. The first-order valence-electron chi connectivity index (χ1n) is 11.6. The molecule has 178 valence electrons. The van der Waals surface area contributed by atoms with Gasteiger partial charge in [-0.15, -0.1) is 6.58 Å². The van der Waals surface area contributed by atoms with Crippen LogP contribution in [0.5, 0.6) is 0 Å². The summed E-state index contributed by atoms with van der Waals surface area (Å²) < 4.78 is 0. The van der Waals surface area contributed by atoms with Crippen LogP contribution in [0.1, 0.15) is 63.2 Å². The molecule has 33 heavy (non-hydrogen) atoms. The lowest BCUT2D eigenvalue weighted by atomic mass is 9.65. The molecule has 1 spiro atoms. The monoisotopic (exact) mass is 454 g/mol. The normalized spacial score (nSPS) is 22.8. The van der Waals surface area contributed by atoms with Crippen LogP contribution in [-0.2, 0) is 9.59 Å². The van der Waals surface area contributed by atoms with Crippen LogP contribution in [0.25, 0.3) is 0 Å². The van der Waals surface area contributed by atoms with Gasteiger partial charge in [0.25, 0.3) is 11.8 Å². The van der Waals surface area contributed by atoms with Gasteiger partial charge in [0.2, 0.25) is 5.91 Å². The zero-order chi connectivity index (χ0) is 24.2. The van der Waals surface area contributed by atoms with Gasteiger partial charge >= 0.3 is 6.03 Å². The zero-order valence-electron chi connectivity index (χ0n) is 19.7. The van der Waals surface area contributed by atoms with Gasteiger partial charge in [-0.2, -0.15) is 0 Å². The number of amides is 5. The number of nitrogens with one attached hydrogen (secondary N) is 3. The maximum absolute atomic E-state index is 13.2. The first-order chi connectivity index (χ1) is 15.6. The second-order valence-corrected chi connectivity index (χ2v) is 9.61. The zero-order valence-corrected chi connectivity index (χ0v) is 19.7. The highest BCUT2D eigenvalue weighted by Crippen LogP contribution is 2.45. The van der Waals surface area contributed by atoms with Crippen molar-refractivity contribution in [3.8, 4) is 0 Å². The summed E-state index contributed by atoms with van der Waals surface area (Å²) in [6.45, 7) is 10.1. The molecule has 3 rings (SSSR count). The van der Waals surface area contributed by atoms with Gasteiger partial charge in [-0.05, 0) is 49.1 Å². The van der Waals surface area contributed by atoms with Crippen LogP contribution in [0.15, 0.2) is 36.9 Å². The fourth-order valence-electron chi connectivity index (χ4n) is 4.72. The summed E-state index contributed by atoms with van der Waals surface area (Å²) >= 11 is 0. The molecular formula is C25H34N4O4. The van der Waals surface area contributed by atoms with Gasteiger partial charge in [0, 0.05) is 6.54 Å². The highest BCUT2D eigenvalue weighted by molar-refractivity contribution is 6.11. The predicted octanol–water partition coefficient (Wildman–Crippen LogP) is 3.46. The molecule has 1 heterocycles. The Morgan fingerprint density at radius 3 is 2.55 bits per heavy atom. The maximum atomic E-state index is 13.2. The van der Waals surface area contributed by atoms with Gasteiger partial charge in [0.05, 0.1) is 11.3 Å². The third-order valence-corrected chi connectivity index (χ3v) is 7.26. The Balaban J connectivity index is 1.65. The number of nitrogens with zero attached hydrogens (tertiary/aromatic N) is 1. The number of benzene rings is 1. The summed E-state index contributed by atoms with van der Waals surface area (Å²) in [7, 11) is 0. The van der Waals surface area contributed by atoms with Crippen molar-refractivity contribution in [1.29, 1.82) is 0 Å². The first kappa shape index (κ1) is 24.5. The average molecular weight is 455 g/mol. The van der Waals surface area contributed by atoms with E-state index in [9.17, 15) is 19.2 Å². The Morgan fingerprint density at radius 1 is 1.24 bits per heavy atom. The number of anilines is 1. The molecule has 1 aromatic carbocycles. The van der Waals surface area contributed by atoms with E-state index in [0.29, 0.717) is 36.6 Å². The van der Waals surface area contributed by atoms with Gasteiger partial charge in [-0.1, -0.05) is 45.4 Å². The minimum atomic E-state index is -0.917. The van der Waals surface area contributed by atoms with E-state index in [0.717, 1.165) is 24.2 Å². The highest BCUT2D eigenvalue weighted by atomic mass is 16.2. The number of hydrogen-bond donors (Lipinski definition) is 3. The van der Waals surface area contributed by atoms with Crippen LogP contribution < -0.4 is 16.0 Å². The average Bonchev–Trinajstić information content (AvgIpc) is 3.02. The molecule has 0 unspecified atom stereocenters. The third-order valence-electron chi connectivity index (χ3n) is 7.26. The SMILES string of the molecule is C=CCNC(=O)c1ccccc1NC(=O)CN1C(=O)NC2(CCC(C(C)(C)CC)CC2)C1=O. The summed E-state index contributed by atoms with van der Waals surface area (Å²) in [5.41, 5.74) is -0.121. The Kier molecular flexibility index (Phi) is 7.25. The van der Waals surface area contributed by atoms with Gasteiger partial charge in [-0.3, -0.25) is 19.3 Å². The predicted molar refractivity (Wildman–Crippen MR) is 127 cm³/mol. The fourth-order valence-corrected chi connectivity index (χ4v) is 4.72. The minimum Gasteiger partial charge on any atom is -0.349 e. The van der Waals surface area contributed by atoms with Gasteiger partial charge < -0.3 is 16.0 Å². The van der Waals surface area contributed by atoms with Crippen LogP contribution >= 0.6 is 0 Å². The number of para-hydroxylation sites is 1. The molecule has 3 N–H and O–H groups in total. The number of urea groups is 1. The summed E-state index contributed by atoms with van der Waals surface area (Å²) in [6.07, 6.45) is 5.50. The molecule has 1 saturated carbocycles. The lowest BCUT2D eigenvalue weighted by molar-refractivity contribution is -0.135. The topological polar surface area (TPSA) is 108 Å².